The van der Waals surface area contributed by atoms with Crippen molar-refractivity contribution in [3.05, 3.63) is 23.5 Å². The summed E-state index contributed by atoms with van der Waals surface area (Å²) in [4.78, 5) is 12.7. The number of hydrogen-bond acceptors (Lipinski definition) is 5. The van der Waals surface area contributed by atoms with E-state index in [0.717, 1.165) is 16.8 Å². The van der Waals surface area contributed by atoms with E-state index < -0.39 is 0 Å². The van der Waals surface area contributed by atoms with Gasteiger partial charge in [-0.05, 0) is 25.5 Å². The molecule has 5 nitrogen and oxygen atoms in total. The quantitative estimate of drug-likeness (QED) is 0.515. The number of aryl methyl sites for hydroxylation is 2. The second-order valence-corrected chi connectivity index (χ2v) is 3.10. The van der Waals surface area contributed by atoms with Gasteiger partial charge in [-0.1, -0.05) is 0 Å². The maximum absolute atomic E-state index is 5.30. The van der Waals surface area contributed by atoms with Crippen LogP contribution < -0.4 is 11.3 Å². The average Bonchev–Trinajstić information content (AvgIpc) is 2.19. The lowest BCUT2D eigenvalue weighted by molar-refractivity contribution is 1.11. The van der Waals surface area contributed by atoms with Gasteiger partial charge < -0.3 is 5.43 Å². The molecular weight excluding hydrogens is 178 g/mol. The number of anilines is 1. The van der Waals surface area contributed by atoms with E-state index in [-0.39, 0.29) is 0 Å². The molecule has 0 aliphatic rings. The molecule has 2 aromatic rings. The summed E-state index contributed by atoms with van der Waals surface area (Å²) in [5.41, 5.74) is 5.77. The molecule has 2 rings (SSSR count). The highest BCUT2D eigenvalue weighted by atomic mass is 15.3. The van der Waals surface area contributed by atoms with Gasteiger partial charge in [0.05, 0.1) is 5.69 Å². The molecule has 0 unspecified atom stereocenters. The van der Waals surface area contributed by atoms with Crippen molar-refractivity contribution >= 4 is 17.0 Å². The first kappa shape index (κ1) is 8.83. The van der Waals surface area contributed by atoms with Crippen molar-refractivity contribution in [3.8, 4) is 0 Å². The fourth-order valence-electron chi connectivity index (χ4n) is 1.30. The number of hydrogen-bond donors (Lipinski definition) is 2. The number of rotatable bonds is 1. The van der Waals surface area contributed by atoms with Crippen LogP contribution in [0, 0.1) is 13.8 Å². The largest absolute Gasteiger partial charge is 0.307 e. The normalized spacial score (nSPS) is 10.5. The molecule has 0 bridgehead atoms. The van der Waals surface area contributed by atoms with Crippen LogP contribution in [0.25, 0.3) is 11.2 Å². The van der Waals surface area contributed by atoms with E-state index in [2.05, 4.69) is 20.4 Å². The first-order valence-corrected chi connectivity index (χ1v) is 4.29. The monoisotopic (exact) mass is 189 g/mol. The van der Waals surface area contributed by atoms with Crippen LogP contribution in [0.5, 0.6) is 0 Å². The third kappa shape index (κ3) is 1.27. The third-order valence-electron chi connectivity index (χ3n) is 2.08. The molecule has 14 heavy (non-hydrogen) atoms. The fourth-order valence-corrected chi connectivity index (χ4v) is 1.30. The van der Waals surface area contributed by atoms with Gasteiger partial charge in [0.1, 0.15) is 5.52 Å². The first-order chi connectivity index (χ1) is 6.72. The molecule has 0 aliphatic heterocycles. The zero-order valence-corrected chi connectivity index (χ0v) is 8.07. The molecule has 0 radical (unpaired) electrons. The molecule has 3 N–H and O–H groups in total. The van der Waals surface area contributed by atoms with Crippen molar-refractivity contribution < 1.29 is 0 Å². The molecule has 0 atom stereocenters. The zero-order valence-electron chi connectivity index (χ0n) is 8.07. The highest BCUT2D eigenvalue weighted by Gasteiger charge is 2.05. The summed E-state index contributed by atoms with van der Waals surface area (Å²) in [5, 5.41) is 0. The molecule has 0 aromatic carbocycles. The van der Waals surface area contributed by atoms with E-state index >= 15 is 0 Å². The first-order valence-electron chi connectivity index (χ1n) is 4.29. The predicted octanol–water partition coefficient (Wildman–Crippen LogP) is 0.927. The van der Waals surface area contributed by atoms with Crippen LogP contribution in [0.2, 0.25) is 0 Å². The summed E-state index contributed by atoms with van der Waals surface area (Å²) in [6, 6.07) is 1.91. The summed E-state index contributed by atoms with van der Waals surface area (Å²) in [6.45, 7) is 3.84. The predicted molar refractivity (Wildman–Crippen MR) is 54.6 cm³/mol. The second-order valence-electron chi connectivity index (χ2n) is 3.10. The Hall–Kier alpha value is -1.75. The number of fused-ring (bicyclic) bond motifs is 1. The molecular formula is C9H11N5. The topological polar surface area (TPSA) is 76.7 Å². The zero-order chi connectivity index (χ0) is 10.1. The van der Waals surface area contributed by atoms with Crippen LogP contribution in [0.3, 0.4) is 0 Å². The van der Waals surface area contributed by atoms with Gasteiger partial charge in [-0.15, -0.1) is 0 Å². The Labute approximate surface area is 81.4 Å². The van der Waals surface area contributed by atoms with E-state index in [0.29, 0.717) is 11.5 Å². The van der Waals surface area contributed by atoms with Crippen LogP contribution in [0.15, 0.2) is 12.3 Å². The molecule has 0 aliphatic carbocycles. The van der Waals surface area contributed by atoms with Crippen molar-refractivity contribution in [1.29, 1.82) is 0 Å². The number of hydrazine groups is 1. The summed E-state index contributed by atoms with van der Waals surface area (Å²) in [6.07, 6.45) is 1.71. The summed E-state index contributed by atoms with van der Waals surface area (Å²) >= 11 is 0. The Morgan fingerprint density at radius 2 is 2.07 bits per heavy atom. The van der Waals surface area contributed by atoms with E-state index in [4.69, 9.17) is 5.84 Å². The standard InChI is InChI=1S/C9H11N5/c1-5-3-4-11-9-7(5)12-6(2)8(13-9)14-10/h3-4H,10H2,1-2H3,(H,11,13,14). The minimum absolute atomic E-state index is 0.565. The van der Waals surface area contributed by atoms with Crippen LogP contribution in [-0.4, -0.2) is 15.0 Å². The number of nitrogens with two attached hydrogens (primary N) is 1. The van der Waals surface area contributed by atoms with Gasteiger partial charge in [0.2, 0.25) is 0 Å². The summed E-state index contributed by atoms with van der Waals surface area (Å²) in [5.74, 6) is 5.86. The molecule has 0 amide bonds. The molecule has 0 saturated heterocycles. The van der Waals surface area contributed by atoms with Crippen LogP contribution >= 0.6 is 0 Å². The summed E-state index contributed by atoms with van der Waals surface area (Å²) < 4.78 is 0. The van der Waals surface area contributed by atoms with E-state index in [1.807, 2.05) is 19.9 Å². The van der Waals surface area contributed by atoms with Gasteiger partial charge >= 0.3 is 0 Å². The molecule has 0 saturated carbocycles. The van der Waals surface area contributed by atoms with Crippen LogP contribution in [0.1, 0.15) is 11.3 Å². The van der Waals surface area contributed by atoms with Crippen molar-refractivity contribution in [3.63, 3.8) is 0 Å². The lowest BCUT2D eigenvalue weighted by Gasteiger charge is -2.05. The van der Waals surface area contributed by atoms with Gasteiger partial charge in [-0.25, -0.2) is 20.8 Å². The summed E-state index contributed by atoms with van der Waals surface area (Å²) in [7, 11) is 0. The van der Waals surface area contributed by atoms with Crippen LogP contribution in [-0.2, 0) is 0 Å². The molecule has 2 heterocycles. The van der Waals surface area contributed by atoms with E-state index in [1.54, 1.807) is 6.20 Å². The van der Waals surface area contributed by atoms with Gasteiger partial charge in [0.15, 0.2) is 11.5 Å². The number of nitrogens with zero attached hydrogens (tertiary/aromatic N) is 3. The molecule has 0 spiro atoms. The lowest BCUT2D eigenvalue weighted by atomic mass is 10.2. The number of pyridine rings is 1. The van der Waals surface area contributed by atoms with Crippen LogP contribution in [0.4, 0.5) is 5.82 Å². The Balaban J connectivity index is 2.79. The Morgan fingerprint density at radius 1 is 1.29 bits per heavy atom. The van der Waals surface area contributed by atoms with Crippen molar-refractivity contribution in [2.75, 3.05) is 5.43 Å². The smallest absolute Gasteiger partial charge is 0.180 e. The molecule has 0 fully saturated rings. The molecule has 72 valence electrons. The Kier molecular flexibility index (Phi) is 2.01. The Bertz CT molecular complexity index is 480. The van der Waals surface area contributed by atoms with Gasteiger partial charge in [-0.2, -0.15) is 0 Å². The van der Waals surface area contributed by atoms with E-state index in [9.17, 15) is 0 Å². The van der Waals surface area contributed by atoms with E-state index in [1.165, 1.54) is 0 Å². The van der Waals surface area contributed by atoms with Crippen molar-refractivity contribution in [1.82, 2.24) is 15.0 Å². The average molecular weight is 189 g/mol. The second kappa shape index (κ2) is 3.19. The maximum atomic E-state index is 5.30. The third-order valence-corrected chi connectivity index (χ3v) is 2.08. The van der Waals surface area contributed by atoms with Gasteiger partial charge in [0, 0.05) is 6.20 Å². The fraction of sp³-hybridized carbons (Fsp3) is 0.222. The highest BCUT2D eigenvalue weighted by molar-refractivity contribution is 5.75. The maximum Gasteiger partial charge on any atom is 0.180 e. The lowest BCUT2D eigenvalue weighted by Crippen LogP contribution is -2.11. The Morgan fingerprint density at radius 3 is 2.79 bits per heavy atom. The number of nitrogens with one attached hydrogen (secondary N) is 1. The molecule has 5 heteroatoms. The number of aromatic nitrogens is 3. The highest BCUT2D eigenvalue weighted by Crippen LogP contribution is 2.15. The van der Waals surface area contributed by atoms with Crippen molar-refractivity contribution in [2.45, 2.75) is 13.8 Å². The molecule has 2 aromatic heterocycles. The van der Waals surface area contributed by atoms with Gasteiger partial charge in [0.25, 0.3) is 0 Å². The van der Waals surface area contributed by atoms with Crippen molar-refractivity contribution in [2.24, 2.45) is 5.84 Å². The van der Waals surface area contributed by atoms with Gasteiger partial charge in [-0.3, -0.25) is 0 Å². The number of nitrogen functional groups attached to an aromatic ring is 1. The SMILES string of the molecule is Cc1nc2c(C)ccnc2nc1NN. The minimum Gasteiger partial charge on any atom is -0.307 e. The minimum atomic E-state index is 0.565.